The Labute approximate surface area is 154 Å². The molecule has 2 aromatic rings. The zero-order valence-electron chi connectivity index (χ0n) is 15.1. The molecule has 132 valence electrons. The molecule has 5 heteroatoms. The molecule has 0 aliphatic carbocycles. The standard InChI is InChI=1S/C21H21BO4/c1-13(2)4-10-16-18(24)12-19(26-3)20(21(16)25)17(23)11-7-14-5-8-15(22)9-6-14/h4-9,11-12,24-25H,10H2,1-3H3/b11-7+. The van der Waals surface area contributed by atoms with Crippen molar-refractivity contribution in [3.05, 3.63) is 64.7 Å². The van der Waals surface area contributed by atoms with Crippen LogP contribution in [0.25, 0.3) is 6.08 Å². The van der Waals surface area contributed by atoms with Crippen LogP contribution in [0.15, 0.2) is 48.1 Å². The molecule has 2 rings (SSSR count). The second kappa shape index (κ2) is 8.43. The average Bonchev–Trinajstić information content (AvgIpc) is 2.60. The van der Waals surface area contributed by atoms with Gasteiger partial charge in [-0.15, -0.1) is 0 Å². The topological polar surface area (TPSA) is 66.8 Å². The number of hydrogen-bond donors (Lipinski definition) is 2. The number of phenolic OH excluding ortho intramolecular Hbond substituents is 2. The quantitative estimate of drug-likeness (QED) is 0.364. The first-order chi connectivity index (χ1) is 12.3. The maximum atomic E-state index is 12.6. The summed E-state index contributed by atoms with van der Waals surface area (Å²) in [6.07, 6.45) is 5.15. The van der Waals surface area contributed by atoms with Crippen molar-refractivity contribution in [3.8, 4) is 17.2 Å². The molecule has 0 saturated carbocycles. The summed E-state index contributed by atoms with van der Waals surface area (Å²) in [6.45, 7) is 3.83. The Morgan fingerprint density at radius 3 is 2.42 bits per heavy atom. The first kappa shape index (κ1) is 19.4. The third-order valence-corrected chi connectivity index (χ3v) is 3.89. The van der Waals surface area contributed by atoms with Crippen LogP contribution in [0.5, 0.6) is 17.2 Å². The Bertz CT molecular complexity index is 861. The van der Waals surface area contributed by atoms with Crippen molar-refractivity contribution >= 4 is 25.2 Å². The predicted octanol–water partition coefficient (Wildman–Crippen LogP) is 3.31. The molecule has 0 heterocycles. The third-order valence-electron chi connectivity index (χ3n) is 3.89. The summed E-state index contributed by atoms with van der Waals surface area (Å²) in [4.78, 5) is 12.6. The summed E-state index contributed by atoms with van der Waals surface area (Å²) in [5, 5.41) is 20.7. The summed E-state index contributed by atoms with van der Waals surface area (Å²) in [6, 6.07) is 8.39. The number of carbonyl (C=O) groups excluding carboxylic acids is 1. The monoisotopic (exact) mass is 348 g/mol. The van der Waals surface area contributed by atoms with Gasteiger partial charge in [-0.25, -0.2) is 0 Å². The lowest BCUT2D eigenvalue weighted by Gasteiger charge is -2.13. The number of carbonyl (C=O) groups is 1. The SMILES string of the molecule is [B]c1ccc(/C=C/C(=O)c2c(OC)cc(O)c(CC=C(C)C)c2O)cc1. The number of allylic oxidation sites excluding steroid dienone is 3. The number of methoxy groups -OCH3 is 1. The first-order valence-corrected chi connectivity index (χ1v) is 8.16. The van der Waals surface area contributed by atoms with Crippen LogP contribution in [-0.2, 0) is 6.42 Å². The number of rotatable bonds is 6. The van der Waals surface area contributed by atoms with Gasteiger partial charge in [-0.1, -0.05) is 47.5 Å². The molecule has 0 amide bonds. The number of ketones is 1. The predicted molar refractivity (Wildman–Crippen MR) is 105 cm³/mol. The van der Waals surface area contributed by atoms with Gasteiger partial charge in [-0.2, -0.15) is 0 Å². The molecule has 2 aromatic carbocycles. The highest BCUT2D eigenvalue weighted by molar-refractivity contribution is 6.32. The third kappa shape index (κ3) is 4.57. The highest BCUT2D eigenvalue weighted by Crippen LogP contribution is 2.39. The lowest BCUT2D eigenvalue weighted by atomic mass is 9.95. The van der Waals surface area contributed by atoms with Crippen LogP contribution in [0.2, 0.25) is 0 Å². The van der Waals surface area contributed by atoms with E-state index in [0.29, 0.717) is 11.9 Å². The van der Waals surface area contributed by atoms with E-state index in [1.807, 2.05) is 19.9 Å². The molecule has 0 saturated heterocycles. The highest BCUT2D eigenvalue weighted by Gasteiger charge is 2.21. The lowest BCUT2D eigenvalue weighted by Crippen LogP contribution is -2.03. The minimum atomic E-state index is -0.422. The van der Waals surface area contributed by atoms with E-state index in [0.717, 1.165) is 11.1 Å². The summed E-state index contributed by atoms with van der Waals surface area (Å²) >= 11 is 0. The fraction of sp³-hybridized carbons (Fsp3) is 0.190. The van der Waals surface area contributed by atoms with Gasteiger partial charge in [0.15, 0.2) is 5.78 Å². The number of benzene rings is 2. The summed E-state index contributed by atoms with van der Waals surface area (Å²) in [5.41, 5.74) is 2.78. The van der Waals surface area contributed by atoms with Gasteiger partial charge >= 0.3 is 0 Å². The molecule has 0 fully saturated rings. The largest absolute Gasteiger partial charge is 0.507 e. The Balaban J connectivity index is 2.42. The van der Waals surface area contributed by atoms with E-state index in [1.165, 1.54) is 19.3 Å². The van der Waals surface area contributed by atoms with E-state index >= 15 is 0 Å². The minimum Gasteiger partial charge on any atom is -0.507 e. The number of aromatic hydroxyl groups is 2. The van der Waals surface area contributed by atoms with Gasteiger partial charge in [0.25, 0.3) is 0 Å². The van der Waals surface area contributed by atoms with E-state index < -0.39 is 5.78 Å². The molecule has 0 aliphatic heterocycles. The summed E-state index contributed by atoms with van der Waals surface area (Å²) < 4.78 is 5.17. The van der Waals surface area contributed by atoms with Gasteiger partial charge in [0, 0.05) is 11.6 Å². The van der Waals surface area contributed by atoms with Crippen LogP contribution >= 0.6 is 0 Å². The van der Waals surface area contributed by atoms with E-state index in [4.69, 9.17) is 12.6 Å². The number of hydrogen-bond acceptors (Lipinski definition) is 4. The first-order valence-electron chi connectivity index (χ1n) is 8.16. The average molecular weight is 348 g/mol. The smallest absolute Gasteiger partial charge is 0.193 e. The van der Waals surface area contributed by atoms with Crippen molar-refractivity contribution in [1.82, 2.24) is 0 Å². The Morgan fingerprint density at radius 1 is 1.19 bits per heavy atom. The molecule has 2 N–H and O–H groups in total. The highest BCUT2D eigenvalue weighted by atomic mass is 16.5. The van der Waals surface area contributed by atoms with Crippen molar-refractivity contribution in [1.29, 1.82) is 0 Å². The Hall–Kier alpha value is -2.95. The van der Waals surface area contributed by atoms with Crippen LogP contribution < -0.4 is 10.2 Å². The molecule has 4 nitrogen and oxygen atoms in total. The van der Waals surface area contributed by atoms with Gasteiger partial charge in [0.1, 0.15) is 30.7 Å². The molecule has 2 radical (unpaired) electrons. The van der Waals surface area contributed by atoms with Crippen LogP contribution in [0.1, 0.15) is 35.3 Å². The van der Waals surface area contributed by atoms with E-state index in [9.17, 15) is 15.0 Å². The van der Waals surface area contributed by atoms with Gasteiger partial charge in [0.2, 0.25) is 0 Å². The molecule has 26 heavy (non-hydrogen) atoms. The zero-order chi connectivity index (χ0) is 19.3. The minimum absolute atomic E-state index is 0.0224. The molecule has 0 aromatic heterocycles. The molecule has 0 spiro atoms. The Morgan fingerprint density at radius 2 is 1.85 bits per heavy atom. The van der Waals surface area contributed by atoms with E-state index in [2.05, 4.69) is 0 Å². The molecule has 0 unspecified atom stereocenters. The summed E-state index contributed by atoms with van der Waals surface area (Å²) in [5.74, 6) is -0.690. The normalized spacial score (nSPS) is 10.7. The number of ether oxygens (including phenoxy) is 1. The van der Waals surface area contributed by atoms with Crippen molar-refractivity contribution in [2.75, 3.05) is 7.11 Å². The van der Waals surface area contributed by atoms with Gasteiger partial charge in [-0.3, -0.25) is 4.79 Å². The van der Waals surface area contributed by atoms with Crippen LogP contribution in [-0.4, -0.2) is 31.0 Å². The molecule has 0 bridgehead atoms. The Kier molecular flexibility index (Phi) is 6.28. The van der Waals surface area contributed by atoms with E-state index in [1.54, 1.807) is 30.3 Å². The maximum Gasteiger partial charge on any atom is 0.193 e. The van der Waals surface area contributed by atoms with Gasteiger partial charge in [-0.05, 0) is 31.9 Å². The van der Waals surface area contributed by atoms with Crippen molar-refractivity contribution in [2.45, 2.75) is 20.3 Å². The maximum absolute atomic E-state index is 12.6. The fourth-order valence-electron chi connectivity index (χ4n) is 2.44. The fourth-order valence-corrected chi connectivity index (χ4v) is 2.44. The molecule has 0 atom stereocenters. The summed E-state index contributed by atoms with van der Waals surface area (Å²) in [7, 11) is 7.02. The van der Waals surface area contributed by atoms with Crippen molar-refractivity contribution < 1.29 is 19.7 Å². The number of phenols is 2. The molecular weight excluding hydrogens is 327 g/mol. The van der Waals surface area contributed by atoms with Gasteiger partial charge < -0.3 is 14.9 Å². The van der Waals surface area contributed by atoms with E-state index in [-0.39, 0.29) is 28.4 Å². The van der Waals surface area contributed by atoms with Crippen LogP contribution in [0.3, 0.4) is 0 Å². The second-order valence-electron chi connectivity index (χ2n) is 6.15. The van der Waals surface area contributed by atoms with Crippen molar-refractivity contribution in [3.63, 3.8) is 0 Å². The lowest BCUT2D eigenvalue weighted by molar-refractivity contribution is 0.104. The van der Waals surface area contributed by atoms with Crippen LogP contribution in [0.4, 0.5) is 0 Å². The van der Waals surface area contributed by atoms with Gasteiger partial charge in [0.05, 0.1) is 7.11 Å². The van der Waals surface area contributed by atoms with Crippen molar-refractivity contribution in [2.24, 2.45) is 0 Å². The van der Waals surface area contributed by atoms with Crippen LogP contribution in [0, 0.1) is 0 Å². The molecule has 0 aliphatic rings. The molecular formula is C21H21BO4. The second-order valence-corrected chi connectivity index (χ2v) is 6.15. The zero-order valence-corrected chi connectivity index (χ0v) is 15.1.